The lowest BCUT2D eigenvalue weighted by atomic mass is 10.2. The van der Waals surface area contributed by atoms with Gasteiger partial charge in [0, 0.05) is 11.6 Å². The Hall–Kier alpha value is -2.75. The average molecular weight is 349 g/mol. The molecule has 0 fully saturated rings. The van der Waals surface area contributed by atoms with E-state index in [0.29, 0.717) is 17.3 Å². The van der Waals surface area contributed by atoms with E-state index < -0.39 is 10.5 Å². The second kappa shape index (κ2) is 7.68. The fraction of sp³-hybridized carbons (Fsp3) is 0.286. The van der Waals surface area contributed by atoms with Crippen molar-refractivity contribution in [3.63, 3.8) is 0 Å². The van der Waals surface area contributed by atoms with Crippen LogP contribution in [-0.4, -0.2) is 38.9 Å². The molecule has 0 radical (unpaired) electrons. The van der Waals surface area contributed by atoms with Crippen LogP contribution >= 0.6 is 11.8 Å². The number of nitro groups is 1. The van der Waals surface area contributed by atoms with Crippen LogP contribution in [0.1, 0.15) is 18.2 Å². The van der Waals surface area contributed by atoms with Crippen LogP contribution in [0.5, 0.6) is 5.75 Å². The molecule has 0 bridgehead atoms. The number of hydrogen-bond acceptors (Lipinski definition) is 8. The molecular formula is C14H15N5O4S. The molecule has 2 aromatic rings. The Morgan fingerprint density at radius 2 is 2.21 bits per heavy atom. The van der Waals surface area contributed by atoms with Crippen molar-refractivity contribution in [3.8, 4) is 5.75 Å². The van der Waals surface area contributed by atoms with E-state index in [2.05, 4.69) is 15.3 Å². The Bertz CT molecular complexity index is 850. The van der Waals surface area contributed by atoms with E-state index in [-0.39, 0.29) is 17.1 Å². The van der Waals surface area contributed by atoms with Crippen LogP contribution in [-0.2, 0) is 0 Å². The fourth-order valence-corrected chi connectivity index (χ4v) is 2.26. The SMILES string of the molecule is CCOc1ccc(/C=N\n2c(SC)nnc(C)c2=O)cc1[N+](=O)[O-]. The molecule has 126 valence electrons. The summed E-state index contributed by atoms with van der Waals surface area (Å²) in [5.74, 6) is 0.183. The van der Waals surface area contributed by atoms with Gasteiger partial charge in [0.05, 0.1) is 17.7 Å². The Morgan fingerprint density at radius 3 is 2.83 bits per heavy atom. The van der Waals surface area contributed by atoms with E-state index in [9.17, 15) is 14.9 Å². The minimum atomic E-state index is -0.528. The monoisotopic (exact) mass is 349 g/mol. The highest BCUT2D eigenvalue weighted by Gasteiger charge is 2.15. The van der Waals surface area contributed by atoms with Gasteiger partial charge in [0.15, 0.2) is 5.75 Å². The Morgan fingerprint density at radius 1 is 1.46 bits per heavy atom. The van der Waals surface area contributed by atoms with Gasteiger partial charge in [-0.2, -0.15) is 9.78 Å². The summed E-state index contributed by atoms with van der Waals surface area (Å²) < 4.78 is 6.33. The summed E-state index contributed by atoms with van der Waals surface area (Å²) in [5, 5.41) is 23.2. The molecular weight excluding hydrogens is 334 g/mol. The van der Waals surface area contributed by atoms with Crippen molar-refractivity contribution in [1.82, 2.24) is 14.9 Å². The van der Waals surface area contributed by atoms with Gasteiger partial charge < -0.3 is 4.74 Å². The molecule has 9 nitrogen and oxygen atoms in total. The highest BCUT2D eigenvalue weighted by Crippen LogP contribution is 2.27. The van der Waals surface area contributed by atoms with Gasteiger partial charge in [-0.3, -0.25) is 14.9 Å². The van der Waals surface area contributed by atoms with Gasteiger partial charge in [-0.25, -0.2) is 0 Å². The third kappa shape index (κ3) is 3.77. The van der Waals surface area contributed by atoms with Crippen LogP contribution in [0.2, 0.25) is 0 Å². The highest BCUT2D eigenvalue weighted by atomic mass is 32.2. The Labute approximate surface area is 141 Å². The van der Waals surface area contributed by atoms with Gasteiger partial charge in [-0.05, 0) is 32.2 Å². The third-order valence-electron chi connectivity index (χ3n) is 2.95. The van der Waals surface area contributed by atoms with E-state index >= 15 is 0 Å². The zero-order valence-electron chi connectivity index (χ0n) is 13.3. The van der Waals surface area contributed by atoms with E-state index in [4.69, 9.17) is 4.74 Å². The molecule has 0 amide bonds. The summed E-state index contributed by atoms with van der Waals surface area (Å²) in [6.45, 7) is 3.60. The van der Waals surface area contributed by atoms with E-state index in [1.807, 2.05) is 0 Å². The van der Waals surface area contributed by atoms with Gasteiger partial charge >= 0.3 is 5.69 Å². The van der Waals surface area contributed by atoms with Crippen LogP contribution in [0, 0.1) is 17.0 Å². The molecule has 0 aliphatic carbocycles. The maximum Gasteiger partial charge on any atom is 0.311 e. The standard InChI is InChI=1S/C14H15N5O4S/c1-4-23-12-6-5-10(7-11(12)19(21)22)8-15-18-13(20)9(2)16-17-14(18)24-3/h5-8H,4H2,1-3H3/b15-8-. The number of nitro benzene ring substituents is 1. The van der Waals surface area contributed by atoms with Crippen LogP contribution in [0.15, 0.2) is 33.3 Å². The molecule has 24 heavy (non-hydrogen) atoms. The lowest BCUT2D eigenvalue weighted by molar-refractivity contribution is -0.385. The molecule has 1 aromatic heterocycles. The molecule has 2 rings (SSSR count). The third-order valence-corrected chi connectivity index (χ3v) is 3.57. The number of ether oxygens (including phenoxy) is 1. The van der Waals surface area contributed by atoms with Crippen LogP contribution < -0.4 is 10.3 Å². The second-order valence-corrected chi connectivity index (χ2v) is 5.32. The van der Waals surface area contributed by atoms with Gasteiger partial charge in [0.2, 0.25) is 5.16 Å². The number of hydrogen-bond donors (Lipinski definition) is 0. The number of aromatic nitrogens is 3. The van der Waals surface area contributed by atoms with Crippen LogP contribution in [0.25, 0.3) is 0 Å². The molecule has 0 aliphatic heterocycles. The molecule has 0 aliphatic rings. The summed E-state index contributed by atoms with van der Waals surface area (Å²) in [7, 11) is 0. The number of nitrogens with zero attached hydrogens (tertiary/aromatic N) is 5. The van der Waals surface area contributed by atoms with E-state index in [1.54, 1.807) is 19.2 Å². The smallest absolute Gasteiger partial charge is 0.311 e. The summed E-state index contributed by atoms with van der Waals surface area (Å²) in [6.07, 6.45) is 3.09. The Balaban J connectivity index is 2.43. The first-order valence-corrected chi connectivity index (χ1v) is 8.16. The zero-order valence-corrected chi connectivity index (χ0v) is 14.1. The molecule has 0 N–H and O–H groups in total. The predicted molar refractivity (Wildman–Crippen MR) is 90.1 cm³/mol. The average Bonchev–Trinajstić information content (AvgIpc) is 2.57. The Kier molecular flexibility index (Phi) is 5.64. The number of aryl methyl sites for hydroxylation is 1. The van der Waals surface area contributed by atoms with Crippen molar-refractivity contribution in [2.24, 2.45) is 5.10 Å². The van der Waals surface area contributed by atoms with Crippen molar-refractivity contribution < 1.29 is 9.66 Å². The minimum Gasteiger partial charge on any atom is -0.487 e. The number of benzene rings is 1. The molecule has 10 heteroatoms. The largest absolute Gasteiger partial charge is 0.487 e. The number of thioether (sulfide) groups is 1. The van der Waals surface area contributed by atoms with Crippen molar-refractivity contribution in [2.45, 2.75) is 19.0 Å². The first-order valence-electron chi connectivity index (χ1n) is 6.93. The molecule has 0 atom stereocenters. The summed E-state index contributed by atoms with van der Waals surface area (Å²) in [4.78, 5) is 22.7. The number of rotatable bonds is 6. The fourth-order valence-electron chi connectivity index (χ4n) is 1.83. The topological polar surface area (TPSA) is 113 Å². The normalized spacial score (nSPS) is 11.0. The predicted octanol–water partition coefficient (Wildman–Crippen LogP) is 1.86. The molecule has 1 aromatic carbocycles. The van der Waals surface area contributed by atoms with Crippen molar-refractivity contribution >= 4 is 23.7 Å². The van der Waals surface area contributed by atoms with E-state index in [0.717, 1.165) is 4.68 Å². The van der Waals surface area contributed by atoms with Gasteiger partial charge in [0.1, 0.15) is 5.69 Å². The van der Waals surface area contributed by atoms with Gasteiger partial charge in [0.25, 0.3) is 5.56 Å². The molecule has 0 saturated carbocycles. The zero-order chi connectivity index (χ0) is 17.7. The van der Waals surface area contributed by atoms with Crippen LogP contribution in [0.3, 0.4) is 0 Å². The lowest BCUT2D eigenvalue weighted by Gasteiger charge is -2.05. The minimum absolute atomic E-state index is 0.165. The summed E-state index contributed by atoms with van der Waals surface area (Å²) in [5.41, 5.74) is 0.106. The van der Waals surface area contributed by atoms with Crippen molar-refractivity contribution in [3.05, 3.63) is 49.9 Å². The van der Waals surface area contributed by atoms with Gasteiger partial charge in [-0.1, -0.05) is 11.8 Å². The maximum atomic E-state index is 12.1. The summed E-state index contributed by atoms with van der Waals surface area (Å²) >= 11 is 1.22. The van der Waals surface area contributed by atoms with Crippen molar-refractivity contribution in [2.75, 3.05) is 12.9 Å². The highest BCUT2D eigenvalue weighted by molar-refractivity contribution is 7.98. The summed E-state index contributed by atoms with van der Waals surface area (Å²) in [6, 6.07) is 4.45. The van der Waals surface area contributed by atoms with Gasteiger partial charge in [-0.15, -0.1) is 10.2 Å². The molecule has 0 saturated heterocycles. The quantitative estimate of drug-likeness (QED) is 0.338. The van der Waals surface area contributed by atoms with Crippen molar-refractivity contribution in [1.29, 1.82) is 0 Å². The molecule has 0 spiro atoms. The molecule has 1 heterocycles. The lowest BCUT2D eigenvalue weighted by Crippen LogP contribution is -2.23. The maximum absolute atomic E-state index is 12.1. The first-order chi connectivity index (χ1) is 11.5. The second-order valence-electron chi connectivity index (χ2n) is 4.55. The first kappa shape index (κ1) is 17.6. The van der Waals surface area contributed by atoms with E-state index in [1.165, 1.54) is 37.0 Å². The molecule has 0 unspecified atom stereocenters. The van der Waals surface area contributed by atoms with Crippen LogP contribution in [0.4, 0.5) is 5.69 Å².